The zero-order chi connectivity index (χ0) is 19.3. The second-order valence-corrected chi connectivity index (χ2v) is 8.13. The van der Waals surface area contributed by atoms with E-state index in [1.54, 1.807) is 26.0 Å². The fraction of sp³-hybridized carbons (Fsp3) is 0.278. The summed E-state index contributed by atoms with van der Waals surface area (Å²) in [7, 11) is -3.93. The van der Waals surface area contributed by atoms with Crippen LogP contribution in [0.4, 0.5) is 0 Å². The summed E-state index contributed by atoms with van der Waals surface area (Å²) >= 11 is 0. The first-order valence-electron chi connectivity index (χ1n) is 8.25. The van der Waals surface area contributed by atoms with Crippen molar-refractivity contribution in [3.63, 3.8) is 0 Å². The SMILES string of the molecule is Cc1cc(S(=O)(=O)n2cc(CCC(=O)O)c3cc4c(cc32)OCO4)c(C)o1. The van der Waals surface area contributed by atoms with Crippen molar-refractivity contribution >= 4 is 26.9 Å². The van der Waals surface area contributed by atoms with Crippen molar-refractivity contribution in [1.82, 2.24) is 3.97 Å². The van der Waals surface area contributed by atoms with Crippen molar-refractivity contribution in [2.45, 2.75) is 31.6 Å². The highest BCUT2D eigenvalue weighted by molar-refractivity contribution is 7.90. The minimum absolute atomic E-state index is 0.0547. The summed E-state index contributed by atoms with van der Waals surface area (Å²) < 4.78 is 43.8. The molecule has 1 aromatic carbocycles. The van der Waals surface area contributed by atoms with Crippen LogP contribution in [0, 0.1) is 13.8 Å². The van der Waals surface area contributed by atoms with E-state index in [-0.39, 0.29) is 24.5 Å². The Morgan fingerprint density at radius 3 is 2.52 bits per heavy atom. The molecule has 3 heterocycles. The number of benzene rings is 1. The lowest BCUT2D eigenvalue weighted by Gasteiger charge is -2.07. The number of aromatic nitrogens is 1. The largest absolute Gasteiger partial charge is 0.481 e. The Bertz CT molecular complexity index is 1170. The van der Waals surface area contributed by atoms with Gasteiger partial charge in [0.2, 0.25) is 6.79 Å². The third kappa shape index (κ3) is 2.84. The number of carbonyl (C=O) groups is 1. The lowest BCUT2D eigenvalue weighted by Crippen LogP contribution is -2.12. The van der Waals surface area contributed by atoms with Crippen LogP contribution in [0.25, 0.3) is 10.9 Å². The average molecular weight is 391 g/mol. The molecule has 1 aliphatic heterocycles. The first-order chi connectivity index (χ1) is 12.8. The second-order valence-electron chi connectivity index (χ2n) is 6.35. The van der Waals surface area contributed by atoms with E-state index in [4.69, 9.17) is 19.0 Å². The first-order valence-corrected chi connectivity index (χ1v) is 9.69. The zero-order valence-corrected chi connectivity index (χ0v) is 15.5. The fourth-order valence-electron chi connectivity index (χ4n) is 3.26. The van der Waals surface area contributed by atoms with Crippen LogP contribution >= 0.6 is 0 Å². The standard InChI is InChI=1S/C18H17NO7S/c1-10-5-17(11(2)26-10)27(22,23)19-8-12(3-4-18(20)21)13-6-15-16(7-14(13)19)25-9-24-15/h5-8H,3-4,9H2,1-2H3,(H,20,21). The molecule has 142 valence electrons. The molecule has 0 aliphatic carbocycles. The molecule has 9 heteroatoms. The van der Waals surface area contributed by atoms with E-state index < -0.39 is 16.0 Å². The summed E-state index contributed by atoms with van der Waals surface area (Å²) in [6.45, 7) is 3.32. The van der Waals surface area contributed by atoms with Crippen molar-refractivity contribution in [3.8, 4) is 11.5 Å². The first kappa shape index (κ1) is 17.5. The van der Waals surface area contributed by atoms with Gasteiger partial charge in [0, 0.05) is 30.1 Å². The van der Waals surface area contributed by atoms with Gasteiger partial charge in [-0.2, -0.15) is 0 Å². The molecular formula is C18H17NO7S. The maximum Gasteiger partial charge on any atom is 0.303 e. The van der Waals surface area contributed by atoms with Gasteiger partial charge < -0.3 is 19.0 Å². The van der Waals surface area contributed by atoms with Gasteiger partial charge in [0.15, 0.2) is 11.5 Å². The Morgan fingerprint density at radius 1 is 1.19 bits per heavy atom. The summed E-state index contributed by atoms with van der Waals surface area (Å²) in [5.41, 5.74) is 1.00. The molecule has 0 fully saturated rings. The van der Waals surface area contributed by atoms with Gasteiger partial charge in [0.25, 0.3) is 10.0 Å². The summed E-state index contributed by atoms with van der Waals surface area (Å²) in [5, 5.41) is 9.62. The van der Waals surface area contributed by atoms with E-state index >= 15 is 0 Å². The number of carboxylic acid groups (broad SMARTS) is 1. The van der Waals surface area contributed by atoms with Gasteiger partial charge >= 0.3 is 5.97 Å². The number of aryl methyl sites for hydroxylation is 3. The molecule has 3 aromatic rings. The Labute approximate surface area is 155 Å². The highest BCUT2D eigenvalue weighted by atomic mass is 32.2. The number of furan rings is 1. The monoisotopic (exact) mass is 391 g/mol. The number of carboxylic acids is 1. The molecular weight excluding hydrogens is 374 g/mol. The summed E-state index contributed by atoms with van der Waals surface area (Å²) in [6, 6.07) is 4.76. The van der Waals surface area contributed by atoms with E-state index in [0.717, 1.165) is 3.97 Å². The molecule has 4 rings (SSSR count). The number of nitrogens with zero attached hydrogens (tertiary/aromatic N) is 1. The van der Waals surface area contributed by atoms with Crippen LogP contribution in [0.5, 0.6) is 11.5 Å². The molecule has 1 aliphatic rings. The smallest absolute Gasteiger partial charge is 0.303 e. The fourth-order valence-corrected chi connectivity index (χ4v) is 4.87. The summed E-state index contributed by atoms with van der Waals surface area (Å²) in [6.07, 6.45) is 1.54. The molecule has 0 amide bonds. The van der Waals surface area contributed by atoms with E-state index in [0.29, 0.717) is 39.5 Å². The van der Waals surface area contributed by atoms with E-state index in [2.05, 4.69) is 0 Å². The van der Waals surface area contributed by atoms with Crippen LogP contribution in [0.1, 0.15) is 23.5 Å². The Hall–Kier alpha value is -2.94. The minimum Gasteiger partial charge on any atom is -0.481 e. The quantitative estimate of drug-likeness (QED) is 0.712. The van der Waals surface area contributed by atoms with Gasteiger partial charge in [-0.3, -0.25) is 4.79 Å². The third-order valence-electron chi connectivity index (χ3n) is 4.49. The van der Waals surface area contributed by atoms with Gasteiger partial charge in [-0.25, -0.2) is 12.4 Å². The molecule has 1 N–H and O–H groups in total. The Balaban J connectivity index is 1.94. The number of aliphatic carboxylic acids is 1. The molecule has 0 saturated carbocycles. The van der Waals surface area contributed by atoms with Crippen LogP contribution in [0.15, 0.2) is 33.7 Å². The molecule has 0 atom stereocenters. The lowest BCUT2D eigenvalue weighted by atomic mass is 10.1. The van der Waals surface area contributed by atoms with Crippen molar-refractivity contribution in [1.29, 1.82) is 0 Å². The zero-order valence-electron chi connectivity index (χ0n) is 14.7. The van der Waals surface area contributed by atoms with Gasteiger partial charge in [-0.15, -0.1) is 0 Å². The maximum absolute atomic E-state index is 13.2. The molecule has 8 nitrogen and oxygen atoms in total. The predicted octanol–water partition coefficient (Wildman–Crippen LogP) is 2.83. The van der Waals surface area contributed by atoms with Crippen LogP contribution in [0.2, 0.25) is 0 Å². The maximum atomic E-state index is 13.2. The molecule has 0 unspecified atom stereocenters. The van der Waals surface area contributed by atoms with Crippen LogP contribution in [-0.2, 0) is 21.2 Å². The van der Waals surface area contributed by atoms with Crippen LogP contribution < -0.4 is 9.47 Å². The molecule has 0 bridgehead atoms. The highest BCUT2D eigenvalue weighted by Crippen LogP contribution is 2.39. The van der Waals surface area contributed by atoms with Crippen molar-refractivity contribution in [2.75, 3.05) is 6.79 Å². The second kappa shape index (κ2) is 6.05. The van der Waals surface area contributed by atoms with Crippen molar-refractivity contribution in [2.24, 2.45) is 0 Å². The number of fused-ring (bicyclic) bond motifs is 2. The summed E-state index contributed by atoms with van der Waals surface area (Å²) in [4.78, 5) is 11.1. The topological polar surface area (TPSA) is 108 Å². The van der Waals surface area contributed by atoms with Gasteiger partial charge in [0.05, 0.1) is 5.52 Å². The van der Waals surface area contributed by atoms with Crippen LogP contribution in [-0.4, -0.2) is 30.3 Å². The number of hydrogen-bond donors (Lipinski definition) is 1. The predicted molar refractivity (Wildman–Crippen MR) is 94.8 cm³/mol. The molecule has 0 saturated heterocycles. The number of hydrogen-bond acceptors (Lipinski definition) is 6. The lowest BCUT2D eigenvalue weighted by molar-refractivity contribution is -0.136. The van der Waals surface area contributed by atoms with Crippen LogP contribution in [0.3, 0.4) is 0 Å². The minimum atomic E-state index is -3.93. The molecule has 0 radical (unpaired) electrons. The van der Waals surface area contributed by atoms with Gasteiger partial charge in [0.1, 0.15) is 16.4 Å². The van der Waals surface area contributed by atoms with E-state index in [1.807, 2.05) is 0 Å². The van der Waals surface area contributed by atoms with E-state index in [1.165, 1.54) is 12.3 Å². The Kier molecular flexibility index (Phi) is 3.92. The summed E-state index contributed by atoms with van der Waals surface area (Å²) in [5.74, 6) is 0.778. The average Bonchev–Trinajstić information content (AvgIpc) is 3.27. The van der Waals surface area contributed by atoms with Gasteiger partial charge in [-0.05, 0) is 31.9 Å². The number of ether oxygens (including phenoxy) is 2. The van der Waals surface area contributed by atoms with Crippen molar-refractivity contribution in [3.05, 3.63) is 41.5 Å². The highest BCUT2D eigenvalue weighted by Gasteiger charge is 2.27. The third-order valence-corrected chi connectivity index (χ3v) is 6.27. The molecule has 2 aromatic heterocycles. The Morgan fingerprint density at radius 2 is 1.89 bits per heavy atom. The normalized spacial score (nSPS) is 13.4. The van der Waals surface area contributed by atoms with Crippen molar-refractivity contribution < 1.29 is 32.2 Å². The molecule has 27 heavy (non-hydrogen) atoms. The van der Waals surface area contributed by atoms with E-state index in [9.17, 15) is 13.2 Å². The molecule has 0 spiro atoms. The number of rotatable bonds is 5. The van der Waals surface area contributed by atoms with Gasteiger partial charge in [-0.1, -0.05) is 0 Å².